The third kappa shape index (κ3) is 4.04. The van der Waals surface area contributed by atoms with Crippen molar-refractivity contribution < 1.29 is 14.3 Å². The van der Waals surface area contributed by atoms with Gasteiger partial charge in [0, 0.05) is 22.0 Å². The van der Waals surface area contributed by atoms with E-state index in [4.69, 9.17) is 10.5 Å². The Bertz CT molecular complexity index is 1260. The Kier molecular flexibility index (Phi) is 6.01. The van der Waals surface area contributed by atoms with E-state index in [2.05, 4.69) is 17.2 Å². The van der Waals surface area contributed by atoms with Crippen molar-refractivity contribution in [2.45, 2.75) is 19.8 Å². The third-order valence-electron chi connectivity index (χ3n) is 4.86. The topological polar surface area (TPSA) is 94.3 Å². The molecule has 0 spiro atoms. The average Bonchev–Trinajstić information content (AvgIpc) is 3.35. The number of ether oxygens (including phenoxy) is 1. The van der Waals surface area contributed by atoms with Gasteiger partial charge in [0.25, 0.3) is 5.91 Å². The molecule has 0 saturated carbocycles. The molecular formula is C23H21N3O3S2. The van der Waals surface area contributed by atoms with Crippen LogP contribution in [0.5, 0.6) is 0 Å². The molecule has 4 aromatic rings. The zero-order valence-electron chi connectivity index (χ0n) is 17.1. The Morgan fingerprint density at radius 1 is 1.16 bits per heavy atom. The van der Waals surface area contributed by atoms with E-state index in [0.29, 0.717) is 26.7 Å². The monoisotopic (exact) mass is 451 g/mol. The van der Waals surface area contributed by atoms with E-state index in [9.17, 15) is 9.59 Å². The minimum absolute atomic E-state index is 0.329. The summed E-state index contributed by atoms with van der Waals surface area (Å²) in [7, 11) is 1.32. The van der Waals surface area contributed by atoms with Crippen LogP contribution in [0.4, 0.5) is 10.7 Å². The molecule has 3 N–H and O–H groups in total. The van der Waals surface area contributed by atoms with Gasteiger partial charge >= 0.3 is 5.97 Å². The van der Waals surface area contributed by atoms with Crippen molar-refractivity contribution in [3.8, 4) is 11.1 Å². The Labute approximate surface area is 187 Å². The summed E-state index contributed by atoms with van der Waals surface area (Å²) in [5.41, 5.74) is 9.54. The van der Waals surface area contributed by atoms with E-state index in [1.54, 1.807) is 0 Å². The van der Waals surface area contributed by atoms with Gasteiger partial charge in [-0.2, -0.15) is 0 Å². The van der Waals surface area contributed by atoms with Crippen molar-refractivity contribution in [1.29, 1.82) is 0 Å². The van der Waals surface area contributed by atoms with Crippen molar-refractivity contribution in [3.05, 3.63) is 64.0 Å². The molecule has 0 atom stereocenters. The van der Waals surface area contributed by atoms with Crippen LogP contribution in [0.3, 0.4) is 0 Å². The number of thiophene rings is 2. The number of hydrogen-bond acceptors (Lipinski definition) is 7. The van der Waals surface area contributed by atoms with Gasteiger partial charge in [0.05, 0.1) is 12.8 Å². The number of nitrogens with two attached hydrogens (primary N) is 1. The fraction of sp³-hybridized carbons (Fsp3) is 0.174. The van der Waals surface area contributed by atoms with Crippen LogP contribution < -0.4 is 11.1 Å². The molecule has 0 aliphatic rings. The van der Waals surface area contributed by atoms with Crippen LogP contribution in [0.25, 0.3) is 21.3 Å². The fourth-order valence-corrected chi connectivity index (χ4v) is 5.30. The van der Waals surface area contributed by atoms with Gasteiger partial charge in [-0.15, -0.1) is 22.7 Å². The number of nitrogen functional groups attached to an aromatic ring is 1. The molecule has 0 saturated heterocycles. The van der Waals surface area contributed by atoms with Crippen LogP contribution in [0.2, 0.25) is 0 Å². The Morgan fingerprint density at radius 3 is 2.65 bits per heavy atom. The number of pyridine rings is 1. The van der Waals surface area contributed by atoms with Crippen LogP contribution in [0.1, 0.15) is 39.1 Å². The van der Waals surface area contributed by atoms with Crippen LogP contribution in [-0.2, 0) is 11.2 Å². The molecule has 3 aromatic heterocycles. The number of benzene rings is 1. The number of amides is 1. The summed E-state index contributed by atoms with van der Waals surface area (Å²) in [6, 6.07) is 13.4. The van der Waals surface area contributed by atoms with Gasteiger partial charge in [0.15, 0.2) is 0 Å². The first kappa shape index (κ1) is 21.0. The second-order valence-electron chi connectivity index (χ2n) is 6.92. The number of esters is 1. The standard InChI is InChI=1S/C23H21N3O3S2/c1-3-7-14-10-11-15-18(24)19(31-21(15)25-14)20(27)26-22-17(23(28)29-2)16(12-30-22)13-8-5-4-6-9-13/h4-6,8-12H,3,7,24H2,1-2H3,(H,26,27). The van der Waals surface area contributed by atoms with E-state index < -0.39 is 5.97 Å². The number of aryl methyl sites for hydroxylation is 1. The van der Waals surface area contributed by atoms with Crippen molar-refractivity contribution in [2.75, 3.05) is 18.2 Å². The Morgan fingerprint density at radius 2 is 1.94 bits per heavy atom. The Hall–Kier alpha value is -3.23. The van der Waals surface area contributed by atoms with Crippen molar-refractivity contribution >= 4 is 55.5 Å². The normalized spacial score (nSPS) is 10.9. The van der Waals surface area contributed by atoms with Crippen molar-refractivity contribution in [3.63, 3.8) is 0 Å². The molecule has 3 heterocycles. The number of fused-ring (bicyclic) bond motifs is 1. The van der Waals surface area contributed by atoms with Gasteiger partial charge in [-0.25, -0.2) is 9.78 Å². The molecule has 6 nitrogen and oxygen atoms in total. The van der Waals surface area contributed by atoms with E-state index >= 15 is 0 Å². The first-order valence-electron chi connectivity index (χ1n) is 9.78. The lowest BCUT2D eigenvalue weighted by atomic mass is 10.0. The SMILES string of the molecule is CCCc1ccc2c(N)c(C(=O)Nc3scc(-c4ccccc4)c3C(=O)OC)sc2n1. The summed E-state index contributed by atoms with van der Waals surface area (Å²) in [5.74, 6) is -0.880. The second kappa shape index (κ2) is 8.87. The van der Waals surface area contributed by atoms with E-state index in [1.165, 1.54) is 29.8 Å². The molecule has 1 amide bonds. The highest BCUT2D eigenvalue weighted by molar-refractivity contribution is 7.21. The molecule has 0 fully saturated rings. The van der Waals surface area contributed by atoms with Gasteiger partial charge in [-0.3, -0.25) is 4.79 Å². The largest absolute Gasteiger partial charge is 0.465 e. The zero-order valence-corrected chi connectivity index (χ0v) is 18.7. The summed E-state index contributed by atoms with van der Waals surface area (Å²) in [5, 5.41) is 5.88. The first-order chi connectivity index (χ1) is 15.0. The second-order valence-corrected chi connectivity index (χ2v) is 8.79. The maximum atomic E-state index is 13.1. The summed E-state index contributed by atoms with van der Waals surface area (Å²) in [4.78, 5) is 31.3. The molecule has 0 bridgehead atoms. The molecule has 1 aromatic carbocycles. The van der Waals surface area contributed by atoms with Crippen LogP contribution in [0, 0.1) is 0 Å². The Balaban J connectivity index is 1.69. The van der Waals surface area contributed by atoms with Crippen LogP contribution in [-0.4, -0.2) is 24.0 Å². The number of carbonyl (C=O) groups excluding carboxylic acids is 2. The summed E-state index contributed by atoms with van der Waals surface area (Å²) in [6.07, 6.45) is 1.86. The van der Waals surface area contributed by atoms with Gasteiger partial charge in [-0.1, -0.05) is 43.7 Å². The molecular weight excluding hydrogens is 430 g/mol. The molecule has 4 rings (SSSR count). The third-order valence-corrected chi connectivity index (χ3v) is 6.87. The highest BCUT2D eigenvalue weighted by Crippen LogP contribution is 2.38. The highest BCUT2D eigenvalue weighted by atomic mass is 32.1. The number of hydrogen-bond donors (Lipinski definition) is 2. The quantitative estimate of drug-likeness (QED) is 0.372. The minimum atomic E-state index is -0.509. The number of anilines is 2. The van der Waals surface area contributed by atoms with E-state index in [0.717, 1.165) is 34.3 Å². The van der Waals surface area contributed by atoms with Crippen molar-refractivity contribution in [2.24, 2.45) is 0 Å². The highest BCUT2D eigenvalue weighted by Gasteiger charge is 2.24. The lowest BCUT2D eigenvalue weighted by Crippen LogP contribution is -2.14. The maximum absolute atomic E-state index is 13.1. The van der Waals surface area contributed by atoms with Crippen molar-refractivity contribution in [1.82, 2.24) is 4.98 Å². The first-order valence-corrected chi connectivity index (χ1v) is 11.5. The molecule has 0 aliphatic carbocycles. The zero-order chi connectivity index (χ0) is 22.0. The maximum Gasteiger partial charge on any atom is 0.341 e. The molecule has 8 heteroatoms. The van der Waals surface area contributed by atoms with E-state index in [-0.39, 0.29) is 5.91 Å². The lowest BCUT2D eigenvalue weighted by molar-refractivity contribution is 0.0603. The minimum Gasteiger partial charge on any atom is -0.465 e. The molecule has 0 aliphatic heterocycles. The predicted octanol–water partition coefficient (Wildman–Crippen LogP) is 5.60. The van der Waals surface area contributed by atoms with Gasteiger partial charge in [-0.05, 0) is 24.1 Å². The number of rotatable bonds is 6. The fourth-order valence-electron chi connectivity index (χ4n) is 3.34. The summed E-state index contributed by atoms with van der Waals surface area (Å²) < 4.78 is 4.98. The summed E-state index contributed by atoms with van der Waals surface area (Å²) >= 11 is 2.53. The number of carbonyl (C=O) groups is 2. The number of nitrogens with zero attached hydrogens (tertiary/aromatic N) is 1. The number of methoxy groups -OCH3 is 1. The summed E-state index contributed by atoms with van der Waals surface area (Å²) in [6.45, 7) is 2.09. The molecule has 0 radical (unpaired) electrons. The number of aromatic nitrogens is 1. The number of nitrogens with one attached hydrogen (secondary N) is 1. The van der Waals surface area contributed by atoms with Gasteiger partial charge < -0.3 is 15.8 Å². The molecule has 0 unspecified atom stereocenters. The predicted molar refractivity (Wildman–Crippen MR) is 127 cm³/mol. The molecule has 31 heavy (non-hydrogen) atoms. The lowest BCUT2D eigenvalue weighted by Gasteiger charge is -2.07. The van der Waals surface area contributed by atoms with E-state index in [1.807, 2.05) is 47.8 Å². The average molecular weight is 452 g/mol. The smallest absolute Gasteiger partial charge is 0.341 e. The van der Waals surface area contributed by atoms with Crippen LogP contribution in [0.15, 0.2) is 47.8 Å². The van der Waals surface area contributed by atoms with Crippen LogP contribution >= 0.6 is 22.7 Å². The molecule has 158 valence electrons. The van der Waals surface area contributed by atoms with Gasteiger partial charge in [0.1, 0.15) is 20.3 Å². The van der Waals surface area contributed by atoms with Gasteiger partial charge in [0.2, 0.25) is 0 Å².